The van der Waals surface area contributed by atoms with Crippen LogP contribution in [-0.2, 0) is 9.53 Å². The molecule has 0 unspecified atom stereocenters. The van der Waals surface area contributed by atoms with Crippen molar-refractivity contribution < 1.29 is 19.7 Å². The molecule has 0 saturated heterocycles. The Bertz CT molecular complexity index is 711. The van der Waals surface area contributed by atoms with Crippen molar-refractivity contribution in [2.75, 3.05) is 6.61 Å². The van der Waals surface area contributed by atoms with Crippen molar-refractivity contribution in [2.45, 2.75) is 155 Å². The fourth-order valence-electron chi connectivity index (χ4n) is 6.66. The molecule has 0 heterocycles. The molecule has 0 aromatic rings. The number of carbonyl (C=O) groups excluding carboxylic acids is 1. The Morgan fingerprint density at radius 1 is 1.03 bits per heavy atom. The Morgan fingerprint density at radius 3 is 2.24 bits per heavy atom. The van der Waals surface area contributed by atoms with Crippen molar-refractivity contribution in [1.29, 1.82) is 0 Å². The van der Waals surface area contributed by atoms with Gasteiger partial charge in [-0.05, 0) is 80.6 Å². The zero-order valence-corrected chi connectivity index (χ0v) is 24.6. The van der Waals surface area contributed by atoms with Crippen LogP contribution in [0.25, 0.3) is 0 Å². The molecule has 0 bridgehead atoms. The van der Waals surface area contributed by atoms with Crippen LogP contribution < -0.4 is 0 Å². The minimum atomic E-state index is -1.03. The van der Waals surface area contributed by atoms with E-state index in [-0.39, 0.29) is 23.2 Å². The number of aliphatic hydroxyl groups is 2. The SMILES string of the molecule is CCCCCCCC/C=C\CCCCCCCC(=O)OCC1=CC[C@@]2(C)C[C@H](O)[C@@](O)(C(C)C)[C@@H]2CC1. The van der Waals surface area contributed by atoms with E-state index in [9.17, 15) is 15.0 Å². The zero-order chi connectivity index (χ0) is 27.2. The van der Waals surface area contributed by atoms with Gasteiger partial charge in [-0.25, -0.2) is 0 Å². The van der Waals surface area contributed by atoms with E-state index >= 15 is 0 Å². The van der Waals surface area contributed by atoms with Crippen LogP contribution in [0.1, 0.15) is 143 Å². The molecule has 1 saturated carbocycles. The molecule has 0 radical (unpaired) electrons. The number of hydrogen-bond acceptors (Lipinski definition) is 4. The molecule has 1 fully saturated rings. The van der Waals surface area contributed by atoms with Crippen LogP contribution in [0.15, 0.2) is 23.8 Å². The van der Waals surface area contributed by atoms with Crippen LogP contribution in [0, 0.1) is 17.3 Å². The summed E-state index contributed by atoms with van der Waals surface area (Å²) in [6.07, 6.45) is 26.1. The zero-order valence-electron chi connectivity index (χ0n) is 24.6. The highest BCUT2D eigenvalue weighted by molar-refractivity contribution is 5.69. The second-order valence-corrected chi connectivity index (χ2v) is 12.6. The minimum Gasteiger partial charge on any atom is -0.461 e. The van der Waals surface area contributed by atoms with Crippen LogP contribution in [0.5, 0.6) is 0 Å². The second-order valence-electron chi connectivity index (χ2n) is 12.6. The molecule has 0 aromatic heterocycles. The third-order valence-electron chi connectivity index (χ3n) is 9.19. The van der Waals surface area contributed by atoms with E-state index in [0.717, 1.165) is 37.7 Å². The summed E-state index contributed by atoms with van der Waals surface area (Å²) in [6, 6.07) is 0. The maximum absolute atomic E-state index is 12.3. The molecule has 4 nitrogen and oxygen atoms in total. The molecule has 37 heavy (non-hydrogen) atoms. The van der Waals surface area contributed by atoms with E-state index in [1.54, 1.807) is 0 Å². The maximum atomic E-state index is 12.3. The molecule has 0 amide bonds. The van der Waals surface area contributed by atoms with Crippen molar-refractivity contribution in [2.24, 2.45) is 17.3 Å². The smallest absolute Gasteiger partial charge is 0.306 e. The first-order chi connectivity index (χ1) is 17.7. The summed E-state index contributed by atoms with van der Waals surface area (Å²) >= 11 is 0. The first-order valence-corrected chi connectivity index (χ1v) is 15.6. The number of fused-ring (bicyclic) bond motifs is 1. The summed E-state index contributed by atoms with van der Waals surface area (Å²) in [5, 5.41) is 22.0. The van der Waals surface area contributed by atoms with Crippen molar-refractivity contribution >= 4 is 5.97 Å². The molecule has 0 aromatic carbocycles. The van der Waals surface area contributed by atoms with Gasteiger partial charge in [0.05, 0.1) is 11.7 Å². The summed E-state index contributed by atoms with van der Waals surface area (Å²) in [6.45, 7) is 8.84. The van der Waals surface area contributed by atoms with E-state index in [1.165, 1.54) is 70.6 Å². The number of unbranched alkanes of at least 4 members (excludes halogenated alkanes) is 11. The predicted molar refractivity (Wildman–Crippen MR) is 154 cm³/mol. The van der Waals surface area contributed by atoms with E-state index < -0.39 is 11.7 Å². The van der Waals surface area contributed by atoms with Gasteiger partial charge in [0.25, 0.3) is 0 Å². The lowest BCUT2D eigenvalue weighted by atomic mass is 9.69. The lowest BCUT2D eigenvalue weighted by Gasteiger charge is -2.40. The van der Waals surface area contributed by atoms with Crippen LogP contribution in [-0.4, -0.2) is 34.5 Å². The van der Waals surface area contributed by atoms with Gasteiger partial charge in [-0.2, -0.15) is 0 Å². The fourth-order valence-corrected chi connectivity index (χ4v) is 6.66. The molecule has 214 valence electrons. The molecular formula is C33H58O4. The molecule has 2 aliphatic carbocycles. The first-order valence-electron chi connectivity index (χ1n) is 15.6. The molecule has 4 heteroatoms. The van der Waals surface area contributed by atoms with Gasteiger partial charge >= 0.3 is 5.97 Å². The summed E-state index contributed by atoms with van der Waals surface area (Å²) in [5.74, 6) is -0.0152. The topological polar surface area (TPSA) is 66.8 Å². The Hall–Kier alpha value is -1.13. The Balaban J connectivity index is 1.52. The minimum absolute atomic E-state index is 0.0140. The number of rotatable bonds is 18. The highest BCUT2D eigenvalue weighted by Gasteiger charge is 2.60. The summed E-state index contributed by atoms with van der Waals surface area (Å²) in [4.78, 5) is 12.3. The van der Waals surface area contributed by atoms with Crippen molar-refractivity contribution in [3.63, 3.8) is 0 Å². The van der Waals surface area contributed by atoms with Gasteiger partial charge in [-0.15, -0.1) is 0 Å². The van der Waals surface area contributed by atoms with Crippen LogP contribution >= 0.6 is 0 Å². The Morgan fingerprint density at radius 2 is 1.62 bits per heavy atom. The third kappa shape index (κ3) is 10.2. The van der Waals surface area contributed by atoms with Crippen molar-refractivity contribution in [3.8, 4) is 0 Å². The van der Waals surface area contributed by atoms with Crippen molar-refractivity contribution in [1.82, 2.24) is 0 Å². The molecule has 2 rings (SSSR count). The van der Waals surface area contributed by atoms with E-state index in [0.29, 0.717) is 19.4 Å². The van der Waals surface area contributed by atoms with Crippen LogP contribution in [0.2, 0.25) is 0 Å². The molecule has 2 N–H and O–H groups in total. The number of hydrogen-bond donors (Lipinski definition) is 2. The van der Waals surface area contributed by atoms with Gasteiger partial charge < -0.3 is 14.9 Å². The average molecular weight is 519 g/mol. The van der Waals surface area contributed by atoms with E-state index in [2.05, 4.69) is 32.1 Å². The highest BCUT2D eigenvalue weighted by Crippen LogP contribution is 2.57. The molecule has 0 aliphatic heterocycles. The summed E-state index contributed by atoms with van der Waals surface area (Å²) in [7, 11) is 0. The molecule has 4 atom stereocenters. The number of aliphatic hydroxyl groups excluding tert-OH is 1. The number of allylic oxidation sites excluding steroid dienone is 3. The van der Waals surface area contributed by atoms with Crippen LogP contribution in [0.3, 0.4) is 0 Å². The number of esters is 1. The molecule has 0 spiro atoms. The van der Waals surface area contributed by atoms with Crippen LogP contribution in [0.4, 0.5) is 0 Å². The molecule has 2 aliphatic rings. The lowest BCUT2D eigenvalue weighted by molar-refractivity contribution is -0.142. The van der Waals surface area contributed by atoms with Gasteiger partial charge in [0.1, 0.15) is 6.61 Å². The Kier molecular flexibility index (Phi) is 14.5. The number of ether oxygens (including phenoxy) is 1. The largest absolute Gasteiger partial charge is 0.461 e. The predicted octanol–water partition coefficient (Wildman–Crippen LogP) is 8.45. The van der Waals surface area contributed by atoms with Gasteiger partial charge in [0.15, 0.2) is 0 Å². The fraction of sp³-hybridized carbons (Fsp3) is 0.848. The standard InChI is InChI=1S/C33H58O4/c1-5-6-7-8-9-10-11-12-13-14-15-16-17-18-19-20-31(35)37-26-28-21-22-29-32(4,24-23-28)25-30(34)33(29,36)27(2)3/h12-13,23,27,29-30,34,36H,5-11,14-22,24-26H2,1-4H3/b13-12-/t29-,30+,32+,33-/m1/s1. The van der Waals surface area contributed by atoms with Gasteiger partial charge in [0, 0.05) is 6.42 Å². The lowest BCUT2D eigenvalue weighted by Crippen LogP contribution is -2.49. The van der Waals surface area contributed by atoms with Gasteiger partial charge in [-0.3, -0.25) is 4.79 Å². The molecular weight excluding hydrogens is 460 g/mol. The number of carbonyl (C=O) groups is 1. The maximum Gasteiger partial charge on any atom is 0.306 e. The third-order valence-corrected chi connectivity index (χ3v) is 9.19. The van der Waals surface area contributed by atoms with E-state index in [4.69, 9.17) is 4.74 Å². The highest BCUT2D eigenvalue weighted by atomic mass is 16.5. The summed E-state index contributed by atoms with van der Waals surface area (Å²) in [5.41, 5.74) is 0.0287. The summed E-state index contributed by atoms with van der Waals surface area (Å²) < 4.78 is 5.60. The normalized spacial score (nSPS) is 27.9. The Labute approximate surface area is 228 Å². The second kappa shape index (κ2) is 16.7. The van der Waals surface area contributed by atoms with E-state index in [1.807, 2.05) is 13.8 Å². The van der Waals surface area contributed by atoms with Gasteiger partial charge in [0.2, 0.25) is 0 Å². The quantitative estimate of drug-likeness (QED) is 0.108. The van der Waals surface area contributed by atoms with Crippen molar-refractivity contribution in [3.05, 3.63) is 23.8 Å². The monoisotopic (exact) mass is 518 g/mol. The average Bonchev–Trinajstić information content (AvgIpc) is 2.96. The first kappa shape index (κ1) is 32.1. The van der Waals surface area contributed by atoms with Gasteiger partial charge in [-0.1, -0.05) is 97.3 Å².